The van der Waals surface area contributed by atoms with E-state index in [-0.39, 0.29) is 21.3 Å². The Labute approximate surface area is 99.3 Å². The molecule has 78 valence electrons. The standard InChI is InChI=1S/C11H4O3S2/c12-7-5-3-1-2-4-6(5)8(13)10-9(7)14-11(15)16-10/h1-4H. The van der Waals surface area contributed by atoms with Crippen molar-refractivity contribution in [3.8, 4) is 0 Å². The number of rotatable bonds is 0. The van der Waals surface area contributed by atoms with Crippen LogP contribution in [0.3, 0.4) is 0 Å². The van der Waals surface area contributed by atoms with E-state index in [9.17, 15) is 9.59 Å². The summed E-state index contributed by atoms with van der Waals surface area (Å²) in [5.74, 6) is -0.369. The van der Waals surface area contributed by atoms with Crippen molar-refractivity contribution in [2.75, 3.05) is 0 Å². The van der Waals surface area contributed by atoms with Gasteiger partial charge in [-0.3, -0.25) is 9.59 Å². The number of ketones is 2. The summed E-state index contributed by atoms with van der Waals surface area (Å²) in [6, 6.07) is 6.71. The van der Waals surface area contributed by atoms with E-state index in [0.717, 1.165) is 11.3 Å². The molecule has 0 aliphatic heterocycles. The fourth-order valence-corrected chi connectivity index (χ4v) is 2.76. The van der Waals surface area contributed by atoms with Gasteiger partial charge in [0.15, 0.2) is 5.76 Å². The number of carbonyl (C=O) groups excluding carboxylic acids is 2. The van der Waals surface area contributed by atoms with Gasteiger partial charge in [0.25, 0.3) is 0 Å². The lowest BCUT2D eigenvalue weighted by atomic mass is 9.92. The van der Waals surface area contributed by atoms with Crippen LogP contribution >= 0.6 is 23.6 Å². The molecule has 5 heteroatoms. The lowest BCUT2D eigenvalue weighted by molar-refractivity contribution is 0.0961. The highest BCUT2D eigenvalue weighted by atomic mass is 32.1. The molecular formula is C11H4O3S2. The van der Waals surface area contributed by atoms with Gasteiger partial charge in [-0.05, 0) is 12.2 Å². The molecule has 1 aromatic carbocycles. The summed E-state index contributed by atoms with van der Waals surface area (Å²) in [7, 11) is 0. The second kappa shape index (κ2) is 3.20. The van der Waals surface area contributed by atoms with Crippen molar-refractivity contribution in [2.45, 2.75) is 0 Å². The van der Waals surface area contributed by atoms with Crippen molar-refractivity contribution in [2.24, 2.45) is 0 Å². The van der Waals surface area contributed by atoms with E-state index in [1.165, 1.54) is 0 Å². The Morgan fingerprint density at radius 1 is 1.06 bits per heavy atom. The smallest absolute Gasteiger partial charge is 0.248 e. The summed E-state index contributed by atoms with van der Waals surface area (Å²) in [5.41, 5.74) is 0.809. The molecule has 0 spiro atoms. The summed E-state index contributed by atoms with van der Waals surface area (Å²) < 4.78 is 5.32. The summed E-state index contributed by atoms with van der Waals surface area (Å²) in [5, 5.41) is 0. The van der Waals surface area contributed by atoms with Crippen molar-refractivity contribution in [1.82, 2.24) is 0 Å². The quantitative estimate of drug-likeness (QED) is 0.574. The van der Waals surface area contributed by atoms with Crippen LogP contribution in [0.1, 0.15) is 31.4 Å². The van der Waals surface area contributed by atoms with E-state index in [2.05, 4.69) is 0 Å². The minimum Gasteiger partial charge on any atom is -0.431 e. The molecule has 0 radical (unpaired) electrons. The highest BCUT2D eigenvalue weighted by Gasteiger charge is 2.33. The fourth-order valence-electron chi connectivity index (χ4n) is 1.70. The van der Waals surface area contributed by atoms with E-state index >= 15 is 0 Å². The molecule has 0 atom stereocenters. The molecule has 16 heavy (non-hydrogen) atoms. The minimum absolute atomic E-state index is 0.0821. The van der Waals surface area contributed by atoms with Crippen LogP contribution in [0, 0.1) is 4.02 Å². The predicted octanol–water partition coefficient (Wildman–Crippen LogP) is 2.85. The predicted molar refractivity (Wildman–Crippen MR) is 60.7 cm³/mol. The van der Waals surface area contributed by atoms with Crippen LogP contribution in [0.25, 0.3) is 0 Å². The van der Waals surface area contributed by atoms with Gasteiger partial charge in [-0.2, -0.15) is 0 Å². The Hall–Kier alpha value is -1.59. The first-order valence-corrected chi connectivity index (χ1v) is 5.73. The highest BCUT2D eigenvalue weighted by Crippen LogP contribution is 2.31. The molecule has 3 rings (SSSR count). The minimum atomic E-state index is -0.266. The van der Waals surface area contributed by atoms with Crippen molar-refractivity contribution in [3.63, 3.8) is 0 Å². The summed E-state index contributed by atoms with van der Waals surface area (Å²) in [6.07, 6.45) is 0. The molecule has 1 aliphatic carbocycles. The van der Waals surface area contributed by atoms with Gasteiger partial charge in [-0.1, -0.05) is 35.6 Å². The van der Waals surface area contributed by atoms with E-state index in [4.69, 9.17) is 16.6 Å². The van der Waals surface area contributed by atoms with Gasteiger partial charge in [0, 0.05) is 11.1 Å². The van der Waals surface area contributed by atoms with Gasteiger partial charge in [0.2, 0.25) is 15.6 Å². The zero-order valence-electron chi connectivity index (χ0n) is 7.85. The van der Waals surface area contributed by atoms with Crippen LogP contribution < -0.4 is 0 Å². The van der Waals surface area contributed by atoms with Crippen LogP contribution in [0.5, 0.6) is 0 Å². The lowest BCUT2D eigenvalue weighted by Crippen LogP contribution is -2.18. The van der Waals surface area contributed by atoms with Crippen LogP contribution in [-0.2, 0) is 0 Å². The van der Waals surface area contributed by atoms with E-state index in [1.807, 2.05) is 0 Å². The van der Waals surface area contributed by atoms with Crippen molar-refractivity contribution in [1.29, 1.82) is 0 Å². The van der Waals surface area contributed by atoms with Gasteiger partial charge in [-0.25, -0.2) is 0 Å². The third-order valence-electron chi connectivity index (χ3n) is 2.41. The molecular weight excluding hydrogens is 244 g/mol. The van der Waals surface area contributed by atoms with E-state index in [0.29, 0.717) is 16.0 Å². The van der Waals surface area contributed by atoms with Crippen LogP contribution in [0.15, 0.2) is 28.7 Å². The average molecular weight is 248 g/mol. The van der Waals surface area contributed by atoms with Gasteiger partial charge in [0.05, 0.1) is 0 Å². The van der Waals surface area contributed by atoms with E-state index < -0.39 is 0 Å². The highest BCUT2D eigenvalue weighted by molar-refractivity contribution is 7.73. The maximum absolute atomic E-state index is 12.0. The fraction of sp³-hybridized carbons (Fsp3) is 0. The van der Waals surface area contributed by atoms with Gasteiger partial charge in [-0.15, -0.1) is 0 Å². The van der Waals surface area contributed by atoms with E-state index in [1.54, 1.807) is 24.3 Å². The molecule has 0 amide bonds. The lowest BCUT2D eigenvalue weighted by Gasteiger charge is -2.10. The number of benzene rings is 1. The molecule has 0 unspecified atom stereocenters. The molecule has 0 N–H and O–H groups in total. The molecule has 1 aliphatic rings. The number of hydrogen-bond donors (Lipinski definition) is 0. The molecule has 0 saturated carbocycles. The molecule has 0 bridgehead atoms. The van der Waals surface area contributed by atoms with Gasteiger partial charge >= 0.3 is 0 Å². The second-order valence-electron chi connectivity index (χ2n) is 3.32. The van der Waals surface area contributed by atoms with Gasteiger partial charge in [0.1, 0.15) is 4.88 Å². The van der Waals surface area contributed by atoms with Gasteiger partial charge < -0.3 is 4.42 Å². The zero-order valence-corrected chi connectivity index (χ0v) is 9.48. The van der Waals surface area contributed by atoms with Crippen molar-refractivity contribution in [3.05, 3.63) is 50.1 Å². The Morgan fingerprint density at radius 3 is 2.38 bits per heavy atom. The maximum atomic E-state index is 12.0. The number of hydrogen-bond acceptors (Lipinski definition) is 5. The monoisotopic (exact) mass is 248 g/mol. The molecule has 3 nitrogen and oxygen atoms in total. The third kappa shape index (κ3) is 1.15. The molecule has 0 saturated heterocycles. The Bertz CT molecular complexity index is 623. The summed E-state index contributed by atoms with van der Waals surface area (Å²) in [4.78, 5) is 24.3. The maximum Gasteiger partial charge on any atom is 0.248 e. The largest absolute Gasteiger partial charge is 0.431 e. The number of carbonyl (C=O) groups is 2. The van der Waals surface area contributed by atoms with Crippen LogP contribution in [0.4, 0.5) is 0 Å². The third-order valence-corrected chi connectivity index (χ3v) is 3.56. The Balaban J connectivity index is 2.38. The molecule has 1 aromatic heterocycles. The average Bonchev–Trinajstić information content (AvgIpc) is 2.68. The van der Waals surface area contributed by atoms with Crippen molar-refractivity contribution < 1.29 is 14.0 Å². The second-order valence-corrected chi connectivity index (χ2v) is 4.93. The molecule has 1 heterocycles. The van der Waals surface area contributed by atoms with Crippen LogP contribution in [0.2, 0.25) is 0 Å². The first kappa shape index (κ1) is 9.62. The SMILES string of the molecule is O=C1c2ccccc2C(=O)c2sc(=S)oc21. The summed E-state index contributed by atoms with van der Waals surface area (Å²) in [6.45, 7) is 0. The first-order chi connectivity index (χ1) is 7.68. The molecule has 0 fully saturated rings. The Kier molecular flexibility index (Phi) is 1.92. The number of fused-ring (bicyclic) bond motifs is 2. The zero-order chi connectivity index (χ0) is 11.3. The van der Waals surface area contributed by atoms with Crippen molar-refractivity contribution >= 4 is 35.1 Å². The summed E-state index contributed by atoms with van der Waals surface area (Å²) >= 11 is 5.89. The topological polar surface area (TPSA) is 47.3 Å². The molecule has 2 aromatic rings. The normalized spacial score (nSPS) is 13.5. The Morgan fingerprint density at radius 2 is 1.69 bits per heavy atom. The first-order valence-electron chi connectivity index (χ1n) is 4.51. The van der Waals surface area contributed by atoms with Crippen LogP contribution in [-0.4, -0.2) is 11.6 Å².